The fraction of sp³-hybridized carbons (Fsp3) is 0.857. The van der Waals surface area contributed by atoms with Gasteiger partial charge in [0.05, 0.1) is 11.5 Å². The summed E-state index contributed by atoms with van der Waals surface area (Å²) in [4.78, 5) is 0. The summed E-state index contributed by atoms with van der Waals surface area (Å²) in [6.45, 7) is 17.4. The van der Waals surface area contributed by atoms with E-state index in [1.54, 1.807) is 0 Å². The fourth-order valence-electron chi connectivity index (χ4n) is 9.28. The van der Waals surface area contributed by atoms with Crippen molar-refractivity contribution in [3.8, 4) is 0 Å². The van der Waals surface area contributed by atoms with Crippen LogP contribution in [0.15, 0.2) is 24.3 Å². The summed E-state index contributed by atoms with van der Waals surface area (Å²) in [5.74, 6) is 1.10. The largest absolute Gasteiger partial charge is 0.212 e. The minimum Gasteiger partial charge on any atom is -0.212 e. The topological polar surface area (TPSA) is 92.3 Å². The van der Waals surface area contributed by atoms with Gasteiger partial charge in [0.1, 0.15) is 0 Å². The van der Waals surface area contributed by atoms with Gasteiger partial charge in [-0.25, -0.2) is 26.3 Å². The van der Waals surface area contributed by atoms with E-state index in [1.165, 1.54) is 0 Å². The van der Waals surface area contributed by atoms with Gasteiger partial charge in [0, 0.05) is 22.9 Å². The molecule has 8 heteroatoms. The molecule has 0 aromatic heterocycles. The van der Waals surface area contributed by atoms with Crippen molar-refractivity contribution in [2.45, 2.75) is 104 Å². The Kier molecular flexibility index (Phi) is 6.27. The normalized spacial score (nSPS) is 41.3. The predicted octanol–water partition coefficient (Wildman–Crippen LogP) is 4.90. The summed E-state index contributed by atoms with van der Waals surface area (Å²) in [5.41, 5.74) is 1.20. The van der Waals surface area contributed by atoms with Crippen LogP contribution in [0, 0.1) is 33.5 Å². The summed E-state index contributed by atoms with van der Waals surface area (Å²) in [6.07, 6.45) is 8.77. The van der Waals surface area contributed by atoms with Crippen LogP contribution < -0.4 is 9.44 Å². The third kappa shape index (κ3) is 3.91. The molecule has 6 nitrogen and oxygen atoms in total. The second-order valence-electron chi connectivity index (χ2n) is 13.9. The second-order valence-corrected chi connectivity index (χ2v) is 17.5. The molecule has 0 amide bonds. The molecule has 0 saturated heterocycles. The van der Waals surface area contributed by atoms with Gasteiger partial charge in [0.25, 0.3) is 0 Å². The molecule has 5 rings (SSSR count). The van der Waals surface area contributed by atoms with Crippen molar-refractivity contribution in [1.29, 1.82) is 0 Å². The van der Waals surface area contributed by atoms with E-state index in [-0.39, 0.29) is 33.2 Å². The first-order valence-corrected chi connectivity index (χ1v) is 17.2. The Morgan fingerprint density at radius 2 is 1.06 bits per heavy atom. The van der Waals surface area contributed by atoms with Crippen LogP contribution >= 0.6 is 0 Å². The minimum absolute atomic E-state index is 0.0524. The van der Waals surface area contributed by atoms with Crippen LogP contribution in [0.25, 0.3) is 0 Å². The highest BCUT2D eigenvalue weighted by Gasteiger charge is 2.63. The molecule has 5 fully saturated rings. The van der Waals surface area contributed by atoms with Gasteiger partial charge in [0.15, 0.2) is 0 Å². The maximum absolute atomic E-state index is 13.6. The Morgan fingerprint density at radius 1 is 0.694 bits per heavy atom. The average molecular weight is 539 g/mol. The molecule has 0 aromatic carbocycles. The van der Waals surface area contributed by atoms with Gasteiger partial charge in [-0.2, -0.15) is 0 Å². The third-order valence-electron chi connectivity index (χ3n) is 12.0. The number of fused-ring (bicyclic) bond motifs is 4. The molecule has 6 atom stereocenters. The molecule has 5 aliphatic carbocycles. The highest BCUT2D eigenvalue weighted by atomic mass is 32.2. The van der Waals surface area contributed by atoms with E-state index < -0.39 is 32.1 Å². The second kappa shape index (κ2) is 8.40. The van der Waals surface area contributed by atoms with Gasteiger partial charge >= 0.3 is 0 Å². The van der Waals surface area contributed by atoms with E-state index in [0.717, 1.165) is 62.5 Å². The summed E-state index contributed by atoms with van der Waals surface area (Å²) in [5, 5.41) is 0. The predicted molar refractivity (Wildman–Crippen MR) is 145 cm³/mol. The Labute approximate surface area is 219 Å². The Bertz CT molecular complexity index is 1080. The lowest BCUT2D eigenvalue weighted by Crippen LogP contribution is -2.56. The summed E-state index contributed by atoms with van der Waals surface area (Å²) in [6, 6.07) is -0.836. The molecule has 0 spiro atoms. The molecule has 204 valence electrons. The van der Waals surface area contributed by atoms with Crippen LogP contribution in [0.3, 0.4) is 0 Å². The molecule has 0 radical (unpaired) electrons. The maximum Gasteiger partial charge on any atom is 0.212 e. The van der Waals surface area contributed by atoms with Gasteiger partial charge in [-0.05, 0) is 74.0 Å². The van der Waals surface area contributed by atoms with Crippen molar-refractivity contribution in [3.05, 3.63) is 24.3 Å². The monoisotopic (exact) mass is 538 g/mol. The number of hydrogen-bond donors (Lipinski definition) is 2. The van der Waals surface area contributed by atoms with Crippen molar-refractivity contribution in [2.75, 3.05) is 11.5 Å². The van der Waals surface area contributed by atoms with E-state index in [1.807, 2.05) is 0 Å². The van der Waals surface area contributed by atoms with Crippen LogP contribution in [0.4, 0.5) is 0 Å². The summed E-state index contributed by atoms with van der Waals surface area (Å²) in [7, 11) is -7.24. The standard InChI is InChI=1S/C28H46N2O4S2/c1-19-15-21-11-13-27(19,25(21,3)4)17-35(31,32)29-23-9-7-8-10-24(23)30-36(33,34)18-28-14-12-22(16-20(28)2)26(28,5)6/h21-24,29-30H,1-2,7-18H2,3-6H3/t21-,22-,23-,24-,27-,28-/m1/s1. The van der Waals surface area contributed by atoms with Crippen molar-refractivity contribution in [3.63, 3.8) is 0 Å². The van der Waals surface area contributed by atoms with Crippen molar-refractivity contribution >= 4 is 20.0 Å². The number of allylic oxidation sites excluding steroid dienone is 2. The van der Waals surface area contributed by atoms with E-state index in [2.05, 4.69) is 50.3 Å². The molecule has 5 aliphatic rings. The molecule has 5 saturated carbocycles. The highest BCUT2D eigenvalue weighted by molar-refractivity contribution is 7.89. The molecule has 0 unspecified atom stereocenters. The number of rotatable bonds is 8. The van der Waals surface area contributed by atoms with Crippen LogP contribution in [-0.4, -0.2) is 40.4 Å². The average Bonchev–Trinajstić information content (AvgIpc) is 3.27. The summed E-state index contributed by atoms with van der Waals surface area (Å²) < 4.78 is 60.1. The lowest BCUT2D eigenvalue weighted by molar-refractivity contribution is 0.180. The first kappa shape index (κ1) is 26.9. The molecule has 0 aromatic rings. The van der Waals surface area contributed by atoms with Crippen LogP contribution in [-0.2, 0) is 20.0 Å². The Hall–Kier alpha value is -0.700. The van der Waals surface area contributed by atoms with E-state index in [9.17, 15) is 16.8 Å². The van der Waals surface area contributed by atoms with E-state index >= 15 is 0 Å². The first-order valence-electron chi connectivity index (χ1n) is 13.9. The lowest BCUT2D eigenvalue weighted by Gasteiger charge is -2.41. The zero-order valence-electron chi connectivity index (χ0n) is 22.7. The lowest BCUT2D eigenvalue weighted by atomic mass is 9.69. The van der Waals surface area contributed by atoms with Gasteiger partial charge < -0.3 is 0 Å². The molecule has 2 N–H and O–H groups in total. The quantitative estimate of drug-likeness (QED) is 0.430. The zero-order valence-corrected chi connectivity index (χ0v) is 24.3. The highest BCUT2D eigenvalue weighted by Crippen LogP contribution is 2.69. The smallest absolute Gasteiger partial charge is 0.212 e. The van der Waals surface area contributed by atoms with Crippen molar-refractivity contribution in [1.82, 2.24) is 9.44 Å². The molecule has 0 aliphatic heterocycles. The number of sulfonamides is 2. The molecular weight excluding hydrogens is 492 g/mol. The van der Waals surface area contributed by atoms with Crippen molar-refractivity contribution in [2.24, 2.45) is 33.5 Å². The fourth-order valence-corrected chi connectivity index (χ4v) is 13.7. The molecule has 36 heavy (non-hydrogen) atoms. The van der Waals surface area contributed by atoms with Gasteiger partial charge in [0.2, 0.25) is 20.0 Å². The zero-order chi connectivity index (χ0) is 26.4. The number of nitrogens with one attached hydrogen (secondary N) is 2. The van der Waals surface area contributed by atoms with E-state index in [0.29, 0.717) is 24.7 Å². The van der Waals surface area contributed by atoms with Crippen LogP contribution in [0.1, 0.15) is 91.9 Å². The molecule has 4 bridgehead atoms. The van der Waals surface area contributed by atoms with E-state index in [4.69, 9.17) is 0 Å². The van der Waals surface area contributed by atoms with Crippen LogP contribution in [0.5, 0.6) is 0 Å². The minimum atomic E-state index is -3.62. The Morgan fingerprint density at radius 3 is 1.33 bits per heavy atom. The SMILES string of the molecule is C=C1C[C@H]2CC[C@]1(CS(=O)(=O)N[C@@H]1CCCC[C@H]1NS(=O)(=O)C[C@]13CC[C@H](CC1=C)C3(C)C)C2(C)C. The van der Waals surface area contributed by atoms with Gasteiger partial charge in [-0.1, -0.05) is 64.8 Å². The molecular formula is C28H46N2O4S2. The number of hydrogen-bond acceptors (Lipinski definition) is 4. The first-order chi connectivity index (χ1) is 16.6. The Balaban J connectivity index is 1.31. The summed E-state index contributed by atoms with van der Waals surface area (Å²) >= 11 is 0. The van der Waals surface area contributed by atoms with Crippen LogP contribution in [0.2, 0.25) is 0 Å². The molecule has 0 heterocycles. The third-order valence-corrected chi connectivity index (χ3v) is 15.1. The van der Waals surface area contributed by atoms with Crippen molar-refractivity contribution < 1.29 is 16.8 Å². The van der Waals surface area contributed by atoms with Gasteiger partial charge in [-0.15, -0.1) is 0 Å². The van der Waals surface area contributed by atoms with Gasteiger partial charge in [-0.3, -0.25) is 0 Å². The maximum atomic E-state index is 13.6.